The molecule has 1 aromatic carbocycles. The smallest absolute Gasteiger partial charge is 0.297 e. The maximum atomic E-state index is 11.0. The van der Waals surface area contributed by atoms with Gasteiger partial charge in [0.2, 0.25) is 0 Å². The molecule has 0 fully saturated rings. The Kier molecular flexibility index (Phi) is 1.79. The van der Waals surface area contributed by atoms with Crippen LogP contribution in [0.5, 0.6) is 0 Å². The number of hydrogen-bond acceptors (Lipinski definition) is 4. The number of rotatable bonds is 1. The molecule has 6 heteroatoms. The Bertz CT molecular complexity index is 467. The fourth-order valence-electron chi connectivity index (χ4n) is 1.23. The van der Waals surface area contributed by atoms with Gasteiger partial charge in [-0.2, -0.15) is 8.42 Å². The highest BCUT2D eigenvalue weighted by Gasteiger charge is 2.27. The molecule has 1 heterocycles. The summed E-state index contributed by atoms with van der Waals surface area (Å²) >= 11 is 1.21. The van der Waals surface area contributed by atoms with E-state index >= 15 is 0 Å². The van der Waals surface area contributed by atoms with E-state index in [1.165, 1.54) is 11.9 Å². The quantitative estimate of drug-likeness (QED) is 0.553. The van der Waals surface area contributed by atoms with Gasteiger partial charge in [-0.05, 0) is 30.5 Å². The van der Waals surface area contributed by atoms with Gasteiger partial charge < -0.3 is 4.72 Å². The van der Waals surface area contributed by atoms with Gasteiger partial charge in [-0.1, -0.05) is 6.07 Å². The average Bonchev–Trinajstić information content (AvgIpc) is 2.35. The third kappa shape index (κ3) is 1.31. The van der Waals surface area contributed by atoms with E-state index in [-0.39, 0.29) is 4.90 Å². The van der Waals surface area contributed by atoms with Crippen molar-refractivity contribution in [2.75, 3.05) is 4.72 Å². The van der Waals surface area contributed by atoms with E-state index in [1.54, 1.807) is 13.0 Å². The molecule has 2 bridgehead atoms. The first kappa shape index (κ1) is 8.86. The normalized spacial score (nSPS) is 14.3. The second-order valence-electron chi connectivity index (χ2n) is 2.77. The van der Waals surface area contributed by atoms with Crippen LogP contribution in [-0.2, 0) is 10.1 Å². The highest BCUT2D eigenvalue weighted by atomic mass is 32.2. The lowest BCUT2D eigenvalue weighted by Gasteiger charge is -2.00. The van der Waals surface area contributed by atoms with Crippen molar-refractivity contribution in [2.24, 2.45) is 0 Å². The predicted octanol–water partition coefficient (Wildman–Crippen LogP) is 1.67. The van der Waals surface area contributed by atoms with Crippen LogP contribution in [-0.4, -0.2) is 13.0 Å². The Morgan fingerprint density at radius 2 is 2.15 bits per heavy atom. The Morgan fingerprint density at radius 1 is 1.46 bits per heavy atom. The molecule has 1 aromatic rings. The molecule has 2 N–H and O–H groups in total. The van der Waals surface area contributed by atoms with Gasteiger partial charge in [0.25, 0.3) is 10.1 Å². The first-order valence-corrected chi connectivity index (χ1v) is 5.80. The third-order valence-electron chi connectivity index (χ3n) is 1.83. The minimum atomic E-state index is -4.11. The van der Waals surface area contributed by atoms with Crippen molar-refractivity contribution in [2.45, 2.75) is 16.7 Å². The molecular weight excluding hydrogens is 210 g/mol. The molecule has 70 valence electrons. The van der Waals surface area contributed by atoms with E-state index in [2.05, 4.69) is 4.72 Å². The maximum absolute atomic E-state index is 11.0. The standard InChI is InChI=1S/C7H7NO3S2/c1-4-2-3-5-7(13(9,10)11)6(4)12-8-5/h2-3,8H,1H3,(H,9,10,11). The second-order valence-corrected chi connectivity index (χ2v) is 4.94. The Morgan fingerprint density at radius 3 is 2.69 bits per heavy atom. The first-order chi connectivity index (χ1) is 6.00. The molecule has 0 saturated carbocycles. The van der Waals surface area contributed by atoms with Crippen LogP contribution in [0, 0.1) is 6.92 Å². The molecule has 0 aromatic heterocycles. The van der Waals surface area contributed by atoms with Crippen LogP contribution in [0.15, 0.2) is 21.9 Å². The average molecular weight is 217 g/mol. The minimum Gasteiger partial charge on any atom is -0.324 e. The molecule has 4 nitrogen and oxygen atoms in total. The topological polar surface area (TPSA) is 66.4 Å². The van der Waals surface area contributed by atoms with Crippen LogP contribution in [0.2, 0.25) is 0 Å². The predicted molar refractivity (Wildman–Crippen MR) is 50.5 cm³/mol. The monoisotopic (exact) mass is 217 g/mol. The van der Waals surface area contributed by atoms with E-state index in [0.29, 0.717) is 10.6 Å². The van der Waals surface area contributed by atoms with Crippen molar-refractivity contribution in [1.82, 2.24) is 0 Å². The summed E-state index contributed by atoms with van der Waals surface area (Å²) in [5, 5.41) is 0. The van der Waals surface area contributed by atoms with Gasteiger partial charge in [-0.25, -0.2) is 0 Å². The molecule has 1 aliphatic rings. The van der Waals surface area contributed by atoms with Gasteiger partial charge in [0.15, 0.2) is 0 Å². The summed E-state index contributed by atoms with van der Waals surface area (Å²) in [4.78, 5) is 0.581. The fraction of sp³-hybridized carbons (Fsp3) is 0.143. The largest absolute Gasteiger partial charge is 0.324 e. The van der Waals surface area contributed by atoms with Crippen LogP contribution in [0.4, 0.5) is 5.69 Å². The molecular formula is C7H7NO3S2. The van der Waals surface area contributed by atoms with Crippen molar-refractivity contribution >= 4 is 27.8 Å². The van der Waals surface area contributed by atoms with Gasteiger partial charge in [0.1, 0.15) is 4.90 Å². The van der Waals surface area contributed by atoms with Gasteiger partial charge in [0, 0.05) is 0 Å². The van der Waals surface area contributed by atoms with Crippen molar-refractivity contribution < 1.29 is 13.0 Å². The summed E-state index contributed by atoms with van der Waals surface area (Å²) in [5.74, 6) is 0. The maximum Gasteiger partial charge on any atom is 0.297 e. The van der Waals surface area contributed by atoms with E-state index in [0.717, 1.165) is 5.56 Å². The zero-order valence-electron chi connectivity index (χ0n) is 6.73. The van der Waals surface area contributed by atoms with Crippen molar-refractivity contribution in [3.8, 4) is 0 Å². The van der Waals surface area contributed by atoms with Crippen molar-refractivity contribution in [3.63, 3.8) is 0 Å². The van der Waals surface area contributed by atoms with Gasteiger partial charge in [-0.3, -0.25) is 4.55 Å². The Labute approximate surface area is 80.2 Å². The van der Waals surface area contributed by atoms with Gasteiger partial charge >= 0.3 is 0 Å². The van der Waals surface area contributed by atoms with E-state index in [4.69, 9.17) is 4.55 Å². The summed E-state index contributed by atoms with van der Waals surface area (Å²) in [5.41, 5.74) is 1.29. The highest BCUT2D eigenvalue weighted by Crippen LogP contribution is 2.42. The minimum absolute atomic E-state index is 0.00231. The number of fused-ring (bicyclic) bond motifs is 2. The molecule has 0 unspecified atom stereocenters. The Hall–Kier alpha value is -0.720. The fourth-order valence-corrected chi connectivity index (χ4v) is 3.34. The van der Waals surface area contributed by atoms with Crippen LogP contribution in [0.25, 0.3) is 0 Å². The third-order valence-corrected chi connectivity index (χ3v) is 3.95. The van der Waals surface area contributed by atoms with Crippen LogP contribution >= 0.6 is 11.9 Å². The first-order valence-electron chi connectivity index (χ1n) is 3.54. The summed E-state index contributed by atoms with van der Waals surface area (Å²) in [6.07, 6.45) is 0. The van der Waals surface area contributed by atoms with Gasteiger partial charge in [0.05, 0.1) is 10.6 Å². The summed E-state index contributed by atoms with van der Waals surface area (Å²) in [7, 11) is -4.11. The summed E-state index contributed by atoms with van der Waals surface area (Å²) in [6.45, 7) is 1.80. The molecule has 0 radical (unpaired) electrons. The highest BCUT2D eigenvalue weighted by molar-refractivity contribution is 8.01. The van der Waals surface area contributed by atoms with E-state index < -0.39 is 10.1 Å². The number of anilines is 1. The molecule has 13 heavy (non-hydrogen) atoms. The number of hydrogen-bond donors (Lipinski definition) is 2. The van der Waals surface area contributed by atoms with Gasteiger partial charge in [-0.15, -0.1) is 0 Å². The zero-order chi connectivity index (χ0) is 9.64. The number of aryl methyl sites for hydroxylation is 1. The zero-order valence-corrected chi connectivity index (χ0v) is 8.37. The lowest BCUT2D eigenvalue weighted by molar-refractivity contribution is 0.481. The molecule has 0 aliphatic carbocycles. The molecule has 0 atom stereocenters. The van der Waals surface area contributed by atoms with Crippen LogP contribution < -0.4 is 4.72 Å². The SMILES string of the molecule is Cc1ccc2c(S(=O)(=O)O)c1SN2. The van der Waals surface area contributed by atoms with Crippen molar-refractivity contribution in [1.29, 1.82) is 0 Å². The molecule has 0 spiro atoms. The van der Waals surface area contributed by atoms with Crippen LogP contribution in [0.1, 0.15) is 5.56 Å². The van der Waals surface area contributed by atoms with Crippen molar-refractivity contribution in [3.05, 3.63) is 17.7 Å². The molecule has 1 aliphatic heterocycles. The van der Waals surface area contributed by atoms with E-state index in [9.17, 15) is 8.42 Å². The summed E-state index contributed by atoms with van der Waals surface area (Å²) in [6, 6.07) is 3.45. The van der Waals surface area contributed by atoms with Crippen LogP contribution in [0.3, 0.4) is 0 Å². The second kappa shape index (κ2) is 2.63. The molecule has 2 rings (SSSR count). The number of nitrogens with one attached hydrogen (secondary N) is 1. The Balaban J connectivity index is 2.81. The number of benzene rings is 1. The van der Waals surface area contributed by atoms with E-state index in [1.807, 2.05) is 6.07 Å². The lowest BCUT2D eigenvalue weighted by Crippen LogP contribution is -1.99. The summed E-state index contributed by atoms with van der Waals surface area (Å²) < 4.78 is 33.7. The molecule has 0 saturated heterocycles. The lowest BCUT2D eigenvalue weighted by atomic mass is 10.2. The molecule has 0 amide bonds.